The maximum absolute atomic E-state index is 10.4. The molecule has 0 heterocycles. The summed E-state index contributed by atoms with van der Waals surface area (Å²) < 4.78 is 10.4. The zero-order valence-electron chi connectivity index (χ0n) is 10.0. The molecule has 0 bridgehead atoms. The Hall–Kier alpha value is -0.310. The van der Waals surface area contributed by atoms with Crippen molar-refractivity contribution in [2.45, 2.75) is 27.7 Å². The zero-order valence-corrected chi connectivity index (χ0v) is 12.4. The molecule has 0 aromatic heterocycles. The lowest BCUT2D eigenvalue weighted by atomic mass is 10.2. The van der Waals surface area contributed by atoms with Crippen LogP contribution in [0, 0.1) is 0 Å². The molecule has 16 heavy (non-hydrogen) atoms. The number of halogens is 2. The van der Waals surface area contributed by atoms with E-state index in [1.54, 1.807) is 18.2 Å². The highest BCUT2D eigenvalue weighted by Crippen LogP contribution is 2.11. The monoisotopic (exact) mass is 280 g/mol. The molecule has 1 aromatic carbocycles. The molecule has 1 unspecified atom stereocenters. The number of benzene rings is 1. The molecule has 0 aliphatic rings. The second-order valence-electron chi connectivity index (χ2n) is 2.10. The van der Waals surface area contributed by atoms with Crippen molar-refractivity contribution < 1.29 is 4.21 Å². The molecule has 0 saturated heterocycles. The average Bonchev–Trinajstić information content (AvgIpc) is 2.33. The standard InChI is InChI=1S/C8H6Cl2OS.2C2H6/c9-8-3-1-7(2-4-8)5-6-12(10)11;2*1-2/h1-6H;2*1-2H3/b6-5+;;. The molecule has 0 spiro atoms. The summed E-state index contributed by atoms with van der Waals surface area (Å²) in [4.78, 5) is 0. The highest BCUT2D eigenvalue weighted by Gasteiger charge is 1.88. The van der Waals surface area contributed by atoms with E-state index in [0.29, 0.717) is 5.02 Å². The Morgan fingerprint density at radius 1 is 1.06 bits per heavy atom. The lowest BCUT2D eigenvalue weighted by Crippen LogP contribution is -1.71. The fourth-order valence-corrected chi connectivity index (χ4v) is 1.25. The smallest absolute Gasteiger partial charge is 0.140 e. The number of hydrogen-bond acceptors (Lipinski definition) is 1. The van der Waals surface area contributed by atoms with Gasteiger partial charge in [-0.3, -0.25) is 0 Å². The third kappa shape index (κ3) is 10.2. The Morgan fingerprint density at radius 3 is 1.88 bits per heavy atom. The Balaban J connectivity index is 0. The van der Waals surface area contributed by atoms with E-state index in [9.17, 15) is 4.21 Å². The maximum atomic E-state index is 10.4. The summed E-state index contributed by atoms with van der Waals surface area (Å²) in [6.45, 7) is 8.00. The molecule has 0 aliphatic heterocycles. The van der Waals surface area contributed by atoms with Crippen molar-refractivity contribution in [2.75, 3.05) is 0 Å². The summed E-state index contributed by atoms with van der Waals surface area (Å²) in [6, 6.07) is 7.17. The second kappa shape index (κ2) is 12.8. The van der Waals surface area contributed by atoms with E-state index in [-0.39, 0.29) is 0 Å². The van der Waals surface area contributed by atoms with E-state index in [4.69, 9.17) is 22.3 Å². The summed E-state index contributed by atoms with van der Waals surface area (Å²) in [5.41, 5.74) is 0.924. The van der Waals surface area contributed by atoms with E-state index in [2.05, 4.69) is 0 Å². The van der Waals surface area contributed by atoms with Gasteiger partial charge in [0.1, 0.15) is 10.0 Å². The first-order chi connectivity index (χ1) is 7.68. The van der Waals surface area contributed by atoms with Gasteiger partial charge >= 0.3 is 0 Å². The molecular weight excluding hydrogens is 263 g/mol. The third-order valence-electron chi connectivity index (χ3n) is 1.24. The highest BCUT2D eigenvalue weighted by molar-refractivity contribution is 8.10. The molecule has 0 aliphatic carbocycles. The molecule has 0 amide bonds. The van der Waals surface area contributed by atoms with Crippen LogP contribution in [0.25, 0.3) is 6.08 Å². The van der Waals surface area contributed by atoms with Crippen molar-refractivity contribution in [1.82, 2.24) is 0 Å². The minimum atomic E-state index is -1.41. The van der Waals surface area contributed by atoms with Gasteiger partial charge in [0.05, 0.1) is 0 Å². The Kier molecular flexibility index (Phi) is 14.4. The lowest BCUT2D eigenvalue weighted by molar-refractivity contribution is 0.696. The number of rotatable bonds is 2. The first-order valence-corrected chi connectivity index (χ1v) is 7.61. The van der Waals surface area contributed by atoms with Gasteiger partial charge in [-0.25, -0.2) is 4.21 Å². The van der Waals surface area contributed by atoms with Crippen LogP contribution in [0.3, 0.4) is 0 Å². The summed E-state index contributed by atoms with van der Waals surface area (Å²) in [6.07, 6.45) is 1.68. The number of hydrogen-bond donors (Lipinski definition) is 0. The summed E-state index contributed by atoms with van der Waals surface area (Å²) in [7, 11) is 3.81. The van der Waals surface area contributed by atoms with Gasteiger partial charge < -0.3 is 0 Å². The molecule has 1 nitrogen and oxygen atoms in total. The largest absolute Gasteiger partial charge is 0.238 e. The molecule has 0 radical (unpaired) electrons. The van der Waals surface area contributed by atoms with Gasteiger partial charge in [0.25, 0.3) is 0 Å². The lowest BCUT2D eigenvalue weighted by Gasteiger charge is -1.91. The van der Waals surface area contributed by atoms with Gasteiger partial charge in [-0.1, -0.05) is 51.4 Å². The molecule has 0 fully saturated rings. The zero-order chi connectivity index (χ0) is 13.0. The molecule has 1 aromatic rings. The van der Waals surface area contributed by atoms with Crippen LogP contribution in [0.4, 0.5) is 0 Å². The van der Waals surface area contributed by atoms with Gasteiger partial charge in [0, 0.05) is 10.4 Å². The van der Waals surface area contributed by atoms with E-state index < -0.39 is 10.0 Å². The van der Waals surface area contributed by atoms with Crippen molar-refractivity contribution in [2.24, 2.45) is 0 Å². The summed E-state index contributed by atoms with van der Waals surface area (Å²) in [5, 5.41) is 2.09. The molecule has 92 valence electrons. The average molecular weight is 281 g/mol. The maximum Gasteiger partial charge on any atom is 0.140 e. The van der Waals surface area contributed by atoms with Crippen molar-refractivity contribution in [3.05, 3.63) is 40.3 Å². The van der Waals surface area contributed by atoms with E-state index >= 15 is 0 Å². The first kappa shape index (κ1) is 18.1. The minimum absolute atomic E-state index is 0.680. The van der Waals surface area contributed by atoms with Gasteiger partial charge in [-0.15, -0.1) is 0 Å². The van der Waals surface area contributed by atoms with Gasteiger partial charge in [0.15, 0.2) is 0 Å². The van der Waals surface area contributed by atoms with Crippen LogP contribution in [-0.4, -0.2) is 4.21 Å². The van der Waals surface area contributed by atoms with E-state index in [1.807, 2.05) is 39.8 Å². The predicted molar refractivity (Wildman–Crippen MR) is 77.2 cm³/mol. The molecule has 4 heteroatoms. The topological polar surface area (TPSA) is 17.1 Å². The van der Waals surface area contributed by atoms with Crippen LogP contribution in [0.1, 0.15) is 33.3 Å². The molecule has 1 atom stereocenters. The Morgan fingerprint density at radius 2 is 1.50 bits per heavy atom. The third-order valence-corrected chi connectivity index (χ3v) is 2.15. The van der Waals surface area contributed by atoms with Crippen LogP contribution >= 0.6 is 22.3 Å². The Bertz CT molecular complexity index is 307. The molecule has 0 N–H and O–H groups in total. The normalized spacial score (nSPS) is 10.9. The second-order valence-corrected chi connectivity index (χ2v) is 4.22. The summed E-state index contributed by atoms with van der Waals surface area (Å²) in [5.74, 6) is 0. The Labute approximate surface area is 110 Å². The van der Waals surface area contributed by atoms with Crippen LogP contribution in [0.2, 0.25) is 5.02 Å². The van der Waals surface area contributed by atoms with E-state index in [1.165, 1.54) is 5.41 Å². The van der Waals surface area contributed by atoms with Crippen LogP contribution in [-0.2, 0) is 10.0 Å². The van der Waals surface area contributed by atoms with Crippen molar-refractivity contribution in [3.8, 4) is 0 Å². The molecule has 0 saturated carbocycles. The SMILES string of the molecule is CC.CC.O=S(Cl)/C=C/c1ccc(Cl)cc1. The van der Waals surface area contributed by atoms with Crippen LogP contribution < -0.4 is 0 Å². The minimum Gasteiger partial charge on any atom is -0.238 e. The molecule has 1 rings (SSSR count). The predicted octanol–water partition coefficient (Wildman–Crippen LogP) is 5.27. The van der Waals surface area contributed by atoms with Gasteiger partial charge in [-0.05, 0) is 34.5 Å². The highest BCUT2D eigenvalue weighted by atomic mass is 35.7. The quantitative estimate of drug-likeness (QED) is 0.675. The van der Waals surface area contributed by atoms with Crippen LogP contribution in [0.5, 0.6) is 0 Å². The van der Waals surface area contributed by atoms with E-state index in [0.717, 1.165) is 5.56 Å². The van der Waals surface area contributed by atoms with Gasteiger partial charge in [0.2, 0.25) is 0 Å². The van der Waals surface area contributed by atoms with Crippen molar-refractivity contribution in [1.29, 1.82) is 0 Å². The fourth-order valence-electron chi connectivity index (χ4n) is 0.706. The summed E-state index contributed by atoms with van der Waals surface area (Å²) >= 11 is 5.66. The fraction of sp³-hybridized carbons (Fsp3) is 0.333. The molecular formula is C12H18Cl2OS. The first-order valence-electron chi connectivity index (χ1n) is 5.19. The van der Waals surface area contributed by atoms with Crippen LogP contribution in [0.15, 0.2) is 29.7 Å². The van der Waals surface area contributed by atoms with Gasteiger partial charge in [-0.2, -0.15) is 0 Å². The van der Waals surface area contributed by atoms with Crippen molar-refractivity contribution >= 4 is 38.4 Å². The van der Waals surface area contributed by atoms with Crippen molar-refractivity contribution in [3.63, 3.8) is 0 Å².